The zero-order valence-corrected chi connectivity index (χ0v) is 11.4. The van der Waals surface area contributed by atoms with E-state index in [2.05, 4.69) is 36.7 Å². The minimum atomic E-state index is -1.67. The van der Waals surface area contributed by atoms with Gasteiger partial charge in [-0.3, -0.25) is 4.98 Å². The Balaban J connectivity index is 0.000000317. The van der Waals surface area contributed by atoms with Crippen LogP contribution in [0.15, 0.2) is 30.7 Å². The lowest BCUT2D eigenvalue weighted by Crippen LogP contribution is -1.96. The standard InChI is InChI=1S/C8H7ClN4.Cl2OS/c9-5-7-1-2-8(6-10-7)13-4-3-11-12-13;1-4(2)3/h1-4,6H,5H2;. The highest BCUT2D eigenvalue weighted by atomic mass is 36.0. The van der Waals surface area contributed by atoms with E-state index in [9.17, 15) is 0 Å². The molecule has 0 aromatic carbocycles. The molecule has 2 aromatic rings. The van der Waals surface area contributed by atoms with E-state index >= 15 is 0 Å². The summed E-state index contributed by atoms with van der Waals surface area (Å²) in [7, 11) is 7.36. The van der Waals surface area contributed by atoms with E-state index in [0.29, 0.717) is 5.88 Å². The first-order valence-electron chi connectivity index (χ1n) is 4.25. The predicted octanol–water partition coefficient (Wildman–Crippen LogP) is 2.44. The highest BCUT2D eigenvalue weighted by Gasteiger charge is 1.97. The van der Waals surface area contributed by atoms with Gasteiger partial charge in [-0.15, -0.1) is 16.7 Å². The van der Waals surface area contributed by atoms with Crippen molar-refractivity contribution < 1.29 is 4.55 Å². The van der Waals surface area contributed by atoms with E-state index < -0.39 is 9.60 Å². The van der Waals surface area contributed by atoms with Gasteiger partial charge in [0.15, 0.2) is 31.0 Å². The molecule has 0 unspecified atom stereocenters. The maximum Gasteiger partial charge on any atom is 0.198 e. The molecule has 5 nitrogen and oxygen atoms in total. The molecule has 17 heavy (non-hydrogen) atoms. The van der Waals surface area contributed by atoms with Gasteiger partial charge in [-0.25, -0.2) is 4.68 Å². The Labute approximate surface area is 115 Å². The molecule has 0 N–H and O–H groups in total. The van der Waals surface area contributed by atoms with E-state index in [1.54, 1.807) is 23.3 Å². The fourth-order valence-corrected chi connectivity index (χ4v) is 1.14. The molecule has 9 heteroatoms. The largest absolute Gasteiger partial charge is 0.582 e. The van der Waals surface area contributed by atoms with E-state index in [1.807, 2.05) is 12.1 Å². The Morgan fingerprint density at radius 2 is 2.06 bits per heavy atom. The predicted molar refractivity (Wildman–Crippen MR) is 68.6 cm³/mol. The zero-order valence-electron chi connectivity index (χ0n) is 8.33. The van der Waals surface area contributed by atoms with E-state index in [1.165, 1.54) is 0 Å². The van der Waals surface area contributed by atoms with E-state index in [0.717, 1.165) is 11.4 Å². The van der Waals surface area contributed by atoms with E-state index in [4.69, 9.17) is 16.2 Å². The van der Waals surface area contributed by atoms with Gasteiger partial charge in [0.2, 0.25) is 0 Å². The molecule has 2 rings (SSSR count). The van der Waals surface area contributed by atoms with Crippen molar-refractivity contribution in [1.82, 2.24) is 20.0 Å². The van der Waals surface area contributed by atoms with Crippen LogP contribution >= 0.6 is 33.0 Å². The molecule has 0 saturated carbocycles. The number of alkyl halides is 1. The molecule has 2 aromatic heterocycles. The maximum absolute atomic E-state index is 9.09. The van der Waals surface area contributed by atoms with Gasteiger partial charge in [0.1, 0.15) is 0 Å². The summed E-state index contributed by atoms with van der Waals surface area (Å²) in [6.45, 7) is 0. The van der Waals surface area contributed by atoms with Gasteiger partial charge in [-0.05, 0) is 12.1 Å². The second kappa shape index (κ2) is 7.73. The fourth-order valence-electron chi connectivity index (χ4n) is 0.977. The summed E-state index contributed by atoms with van der Waals surface area (Å²) in [5.74, 6) is 0.428. The molecule has 0 spiro atoms. The number of halogens is 3. The van der Waals surface area contributed by atoms with Crippen molar-refractivity contribution in [2.24, 2.45) is 0 Å². The molecule has 0 saturated heterocycles. The number of hydrogen-bond acceptors (Lipinski definition) is 4. The van der Waals surface area contributed by atoms with Crippen molar-refractivity contribution in [3.8, 4) is 5.69 Å². The average Bonchev–Trinajstić information content (AvgIpc) is 2.82. The Morgan fingerprint density at radius 1 is 1.35 bits per heavy atom. The molecule has 2 heterocycles. The van der Waals surface area contributed by atoms with Crippen molar-refractivity contribution in [3.05, 3.63) is 36.4 Å². The van der Waals surface area contributed by atoms with Crippen LogP contribution in [0.25, 0.3) is 5.69 Å². The first kappa shape index (κ1) is 14.5. The van der Waals surface area contributed by atoms with Crippen molar-refractivity contribution in [2.45, 2.75) is 5.88 Å². The van der Waals surface area contributed by atoms with Crippen LogP contribution in [0.1, 0.15) is 5.69 Å². The van der Waals surface area contributed by atoms with Gasteiger partial charge < -0.3 is 4.55 Å². The third-order valence-electron chi connectivity index (χ3n) is 1.63. The SMILES string of the molecule is ClCc1ccc(-n2ccnn2)cn1.[O-][S+](Cl)Cl. The van der Waals surface area contributed by atoms with Crippen LogP contribution in [0.5, 0.6) is 0 Å². The van der Waals surface area contributed by atoms with E-state index in [-0.39, 0.29) is 0 Å². The van der Waals surface area contributed by atoms with Crippen LogP contribution in [0.4, 0.5) is 0 Å². The number of nitrogens with zero attached hydrogens (tertiary/aromatic N) is 4. The molecule has 0 aliphatic rings. The second-order valence-corrected chi connectivity index (χ2v) is 5.46. The van der Waals surface area contributed by atoms with Crippen molar-refractivity contribution in [2.75, 3.05) is 0 Å². The quantitative estimate of drug-likeness (QED) is 0.631. The van der Waals surface area contributed by atoms with Gasteiger partial charge in [0, 0.05) is 0 Å². The molecule has 0 aliphatic carbocycles. The number of hydrogen-bond donors (Lipinski definition) is 0. The summed E-state index contributed by atoms with van der Waals surface area (Å²) in [6, 6.07) is 3.77. The van der Waals surface area contributed by atoms with Gasteiger partial charge in [-0.2, -0.15) is 0 Å². The van der Waals surface area contributed by atoms with Gasteiger partial charge >= 0.3 is 0 Å². The van der Waals surface area contributed by atoms with Crippen LogP contribution in [0.3, 0.4) is 0 Å². The van der Waals surface area contributed by atoms with Gasteiger partial charge in [0.25, 0.3) is 0 Å². The summed E-state index contributed by atoms with van der Waals surface area (Å²) < 4.78 is 10.7. The van der Waals surface area contributed by atoms with Crippen LogP contribution in [-0.2, 0) is 15.5 Å². The molecule has 0 fully saturated rings. The molecule has 0 aliphatic heterocycles. The number of rotatable bonds is 2. The van der Waals surface area contributed by atoms with Crippen LogP contribution in [0, 0.1) is 0 Å². The van der Waals surface area contributed by atoms with Crippen molar-refractivity contribution in [3.63, 3.8) is 0 Å². The molecule has 0 bridgehead atoms. The minimum absolute atomic E-state index is 0.428. The van der Waals surface area contributed by atoms with Crippen LogP contribution < -0.4 is 0 Å². The normalized spacial score (nSPS) is 9.94. The summed E-state index contributed by atoms with van der Waals surface area (Å²) in [4.78, 5) is 4.13. The minimum Gasteiger partial charge on any atom is -0.582 e. The first-order valence-corrected chi connectivity index (χ1v) is 7.59. The Hall–Kier alpha value is -0.530. The maximum atomic E-state index is 9.09. The zero-order chi connectivity index (χ0) is 12.7. The summed E-state index contributed by atoms with van der Waals surface area (Å²) >= 11 is 5.61. The highest BCUT2D eigenvalue weighted by molar-refractivity contribution is 8.31. The summed E-state index contributed by atoms with van der Waals surface area (Å²) in [5, 5.41) is 7.54. The molecule has 0 radical (unpaired) electrons. The highest BCUT2D eigenvalue weighted by Crippen LogP contribution is 2.05. The average molecular weight is 314 g/mol. The summed E-state index contributed by atoms with van der Waals surface area (Å²) in [5.41, 5.74) is 1.73. The Morgan fingerprint density at radius 3 is 2.47 bits per heavy atom. The molecule has 0 atom stereocenters. The van der Waals surface area contributed by atoms with Gasteiger partial charge in [-0.1, -0.05) is 5.21 Å². The van der Waals surface area contributed by atoms with Crippen molar-refractivity contribution in [1.29, 1.82) is 0 Å². The smallest absolute Gasteiger partial charge is 0.198 e. The molecule has 0 amide bonds. The third kappa shape index (κ3) is 5.56. The number of aromatic nitrogens is 4. The first-order chi connectivity index (χ1) is 8.13. The lowest BCUT2D eigenvalue weighted by atomic mass is 10.3. The molecular formula is C8H7Cl3N4OS. The monoisotopic (exact) mass is 312 g/mol. The molecule has 92 valence electrons. The van der Waals surface area contributed by atoms with Crippen molar-refractivity contribution >= 4 is 42.6 Å². The van der Waals surface area contributed by atoms with Crippen LogP contribution in [0.2, 0.25) is 0 Å². The van der Waals surface area contributed by atoms with Crippen LogP contribution in [-0.4, -0.2) is 24.5 Å². The lowest BCUT2D eigenvalue weighted by molar-refractivity contribution is 0.620. The third-order valence-corrected chi connectivity index (χ3v) is 1.91. The Bertz CT molecular complexity index is 420. The summed E-state index contributed by atoms with van der Waals surface area (Å²) in [6.07, 6.45) is 5.10. The Kier molecular flexibility index (Phi) is 6.61. The fraction of sp³-hybridized carbons (Fsp3) is 0.125. The number of pyridine rings is 1. The topological polar surface area (TPSA) is 66.7 Å². The van der Waals surface area contributed by atoms with Gasteiger partial charge in [0.05, 0.1) is 35.9 Å². The molecular weight excluding hydrogens is 307 g/mol. The lowest BCUT2D eigenvalue weighted by Gasteiger charge is -1.99. The second-order valence-electron chi connectivity index (χ2n) is 2.67.